The van der Waals surface area contributed by atoms with E-state index < -0.39 is 18.8 Å². The van der Waals surface area contributed by atoms with Crippen molar-refractivity contribution in [1.82, 2.24) is 5.32 Å². The maximum absolute atomic E-state index is 11.5. The van der Waals surface area contributed by atoms with Crippen LogP contribution in [-0.4, -0.2) is 32.3 Å². The number of rotatable bonds is 9. The third-order valence-electron chi connectivity index (χ3n) is 3.07. The fourth-order valence-corrected chi connectivity index (χ4v) is 2.52. The summed E-state index contributed by atoms with van der Waals surface area (Å²) in [6, 6.07) is 3.97. The molecule has 0 bridgehead atoms. The maximum Gasteiger partial charge on any atom is 0.470 e. The van der Waals surface area contributed by atoms with Crippen molar-refractivity contribution in [2.75, 3.05) is 6.61 Å². The van der Waals surface area contributed by atoms with Gasteiger partial charge in [0, 0.05) is 25.6 Å². The molecule has 0 radical (unpaired) electrons. The van der Waals surface area contributed by atoms with Crippen LogP contribution in [0.25, 0.3) is 0 Å². The average Bonchev–Trinajstić information content (AvgIpc) is 2.48. The minimum absolute atomic E-state index is 0.00886. The Morgan fingerprint density at radius 1 is 1.46 bits per heavy atom. The van der Waals surface area contributed by atoms with Crippen LogP contribution in [0.2, 0.25) is 0 Å². The standard InChI is InChI=1S/C13H19N2O8P/c1-9(23-24(20,21)22)11-7-10(4-5-12(11)15(18)19)8-14-13(17)3-2-6-16/h4-5,7,9,16H,2-3,6,8H2,1H3,(H,14,17)(H2,20,21,22). The highest BCUT2D eigenvalue weighted by atomic mass is 31.2. The van der Waals surface area contributed by atoms with Gasteiger partial charge in [0.15, 0.2) is 0 Å². The second-order valence-electron chi connectivity index (χ2n) is 4.99. The summed E-state index contributed by atoms with van der Waals surface area (Å²) >= 11 is 0. The number of nitro groups is 1. The predicted octanol–water partition coefficient (Wildman–Crippen LogP) is 1.15. The zero-order chi connectivity index (χ0) is 18.3. The largest absolute Gasteiger partial charge is 0.470 e. The van der Waals surface area contributed by atoms with Crippen LogP contribution in [0.4, 0.5) is 5.69 Å². The minimum atomic E-state index is -4.81. The van der Waals surface area contributed by atoms with E-state index in [-0.39, 0.29) is 36.7 Å². The van der Waals surface area contributed by atoms with Gasteiger partial charge in [0.1, 0.15) is 0 Å². The van der Waals surface area contributed by atoms with E-state index in [1.54, 1.807) is 0 Å². The minimum Gasteiger partial charge on any atom is -0.396 e. The van der Waals surface area contributed by atoms with Crippen molar-refractivity contribution >= 4 is 19.4 Å². The average molecular weight is 362 g/mol. The molecule has 10 nitrogen and oxygen atoms in total. The Hall–Kier alpha value is -1.84. The van der Waals surface area contributed by atoms with E-state index in [4.69, 9.17) is 14.9 Å². The summed E-state index contributed by atoms with van der Waals surface area (Å²) in [7, 11) is -4.81. The third kappa shape index (κ3) is 6.73. The Morgan fingerprint density at radius 3 is 2.67 bits per heavy atom. The van der Waals surface area contributed by atoms with Crippen LogP contribution >= 0.6 is 7.82 Å². The van der Waals surface area contributed by atoms with Gasteiger partial charge in [0.25, 0.3) is 5.69 Å². The molecule has 0 aliphatic heterocycles. The van der Waals surface area contributed by atoms with Gasteiger partial charge in [-0.15, -0.1) is 0 Å². The molecule has 0 heterocycles. The van der Waals surface area contributed by atoms with Crippen LogP contribution in [0.3, 0.4) is 0 Å². The van der Waals surface area contributed by atoms with Crippen LogP contribution in [0.5, 0.6) is 0 Å². The first-order valence-electron chi connectivity index (χ1n) is 7.02. The monoisotopic (exact) mass is 362 g/mol. The number of phosphoric ester groups is 1. The number of hydrogen-bond donors (Lipinski definition) is 4. The Kier molecular flexibility index (Phi) is 7.46. The van der Waals surface area contributed by atoms with Crippen LogP contribution < -0.4 is 5.32 Å². The van der Waals surface area contributed by atoms with Crippen molar-refractivity contribution in [2.45, 2.75) is 32.4 Å². The molecule has 1 atom stereocenters. The molecule has 1 amide bonds. The molecule has 4 N–H and O–H groups in total. The molecule has 0 fully saturated rings. The second kappa shape index (κ2) is 8.86. The number of nitrogens with zero attached hydrogens (tertiary/aromatic N) is 1. The highest BCUT2D eigenvalue weighted by molar-refractivity contribution is 7.46. The van der Waals surface area contributed by atoms with Gasteiger partial charge in [-0.05, 0) is 25.0 Å². The molecule has 0 saturated carbocycles. The van der Waals surface area contributed by atoms with Crippen LogP contribution in [-0.2, 0) is 20.4 Å². The number of aliphatic hydroxyl groups is 1. The van der Waals surface area contributed by atoms with E-state index in [1.165, 1.54) is 25.1 Å². The molecule has 0 aliphatic carbocycles. The first-order valence-corrected chi connectivity index (χ1v) is 8.55. The molecule has 1 aromatic rings. The lowest BCUT2D eigenvalue weighted by molar-refractivity contribution is -0.386. The lowest BCUT2D eigenvalue weighted by Crippen LogP contribution is -2.22. The fourth-order valence-electron chi connectivity index (χ4n) is 2.00. The summed E-state index contributed by atoms with van der Waals surface area (Å²) in [4.78, 5) is 39.6. The predicted molar refractivity (Wildman–Crippen MR) is 82.8 cm³/mol. The first kappa shape index (κ1) is 20.2. The summed E-state index contributed by atoms with van der Waals surface area (Å²) in [5.41, 5.74) is 0.158. The molecular weight excluding hydrogens is 343 g/mol. The van der Waals surface area contributed by atoms with E-state index in [9.17, 15) is 19.5 Å². The SMILES string of the molecule is CC(OP(=O)(O)O)c1cc(CNC(=O)CCCO)ccc1[N+](=O)[O-]. The lowest BCUT2D eigenvalue weighted by atomic mass is 10.0. The number of hydrogen-bond acceptors (Lipinski definition) is 6. The van der Waals surface area contributed by atoms with Gasteiger partial charge < -0.3 is 20.2 Å². The van der Waals surface area contributed by atoms with Gasteiger partial charge >= 0.3 is 7.82 Å². The summed E-state index contributed by atoms with van der Waals surface area (Å²) < 4.78 is 15.4. The van der Waals surface area contributed by atoms with Crippen molar-refractivity contribution < 1.29 is 33.7 Å². The highest BCUT2D eigenvalue weighted by Gasteiger charge is 2.26. The van der Waals surface area contributed by atoms with Gasteiger partial charge in [0.2, 0.25) is 5.91 Å². The molecule has 1 aromatic carbocycles. The zero-order valence-corrected chi connectivity index (χ0v) is 13.8. The number of carbonyl (C=O) groups is 1. The number of amides is 1. The quantitative estimate of drug-likeness (QED) is 0.289. The van der Waals surface area contributed by atoms with Crippen molar-refractivity contribution in [3.05, 3.63) is 39.4 Å². The molecular formula is C13H19N2O8P. The fraction of sp³-hybridized carbons (Fsp3) is 0.462. The molecule has 0 spiro atoms. The molecule has 0 aliphatic rings. The summed E-state index contributed by atoms with van der Waals surface area (Å²) in [5.74, 6) is -0.288. The Morgan fingerprint density at radius 2 is 2.12 bits per heavy atom. The number of nitrogens with one attached hydrogen (secondary N) is 1. The van der Waals surface area contributed by atoms with Crippen LogP contribution in [0, 0.1) is 10.1 Å². The maximum atomic E-state index is 11.5. The van der Waals surface area contributed by atoms with Crippen molar-refractivity contribution in [3.63, 3.8) is 0 Å². The Bertz CT molecular complexity index is 645. The van der Waals surface area contributed by atoms with E-state index >= 15 is 0 Å². The van der Waals surface area contributed by atoms with Gasteiger partial charge in [-0.1, -0.05) is 6.07 Å². The van der Waals surface area contributed by atoms with Gasteiger partial charge in [-0.3, -0.25) is 19.4 Å². The number of nitro benzene ring substituents is 1. The molecule has 0 saturated heterocycles. The van der Waals surface area contributed by atoms with Gasteiger partial charge in [0.05, 0.1) is 16.6 Å². The van der Waals surface area contributed by atoms with E-state index in [1.807, 2.05) is 0 Å². The van der Waals surface area contributed by atoms with Gasteiger partial charge in [-0.25, -0.2) is 4.57 Å². The van der Waals surface area contributed by atoms with Crippen LogP contribution in [0.1, 0.15) is 37.0 Å². The van der Waals surface area contributed by atoms with Crippen molar-refractivity contribution in [1.29, 1.82) is 0 Å². The molecule has 1 unspecified atom stereocenters. The van der Waals surface area contributed by atoms with E-state index in [0.717, 1.165) is 0 Å². The zero-order valence-electron chi connectivity index (χ0n) is 12.9. The Balaban J connectivity index is 2.93. The summed E-state index contributed by atoms with van der Waals surface area (Å²) in [6.45, 7) is 1.26. The topological polar surface area (TPSA) is 159 Å². The highest BCUT2D eigenvalue weighted by Crippen LogP contribution is 2.43. The number of phosphoric acid groups is 1. The molecule has 134 valence electrons. The lowest BCUT2D eigenvalue weighted by Gasteiger charge is -2.15. The molecule has 11 heteroatoms. The van der Waals surface area contributed by atoms with Crippen molar-refractivity contribution in [3.8, 4) is 0 Å². The molecule has 24 heavy (non-hydrogen) atoms. The summed E-state index contributed by atoms with van der Waals surface area (Å²) in [6.07, 6.45) is -0.741. The van der Waals surface area contributed by atoms with Crippen molar-refractivity contribution in [2.24, 2.45) is 0 Å². The second-order valence-corrected chi connectivity index (χ2v) is 6.18. The summed E-state index contributed by atoms with van der Waals surface area (Å²) in [5, 5.41) is 22.3. The number of carbonyl (C=O) groups excluding carboxylic acids is 1. The van der Waals surface area contributed by atoms with E-state index in [2.05, 4.69) is 9.84 Å². The first-order chi connectivity index (χ1) is 11.1. The van der Waals surface area contributed by atoms with Crippen LogP contribution in [0.15, 0.2) is 18.2 Å². The smallest absolute Gasteiger partial charge is 0.396 e. The van der Waals surface area contributed by atoms with Gasteiger partial charge in [-0.2, -0.15) is 0 Å². The van der Waals surface area contributed by atoms with E-state index in [0.29, 0.717) is 12.0 Å². The third-order valence-corrected chi connectivity index (χ3v) is 3.66. The molecule has 1 rings (SSSR count). The Labute approximate surface area is 137 Å². The number of benzene rings is 1. The number of aliphatic hydroxyl groups excluding tert-OH is 1. The molecule has 0 aromatic heterocycles. The normalized spacial score (nSPS) is 12.7.